The number of rotatable bonds is 3. The molecule has 0 N–H and O–H groups in total. The van der Waals surface area contributed by atoms with Crippen LogP contribution in [0.4, 0.5) is 0 Å². The van der Waals surface area contributed by atoms with Crippen LogP contribution in [0.25, 0.3) is 0 Å². The molecule has 0 spiro atoms. The predicted molar refractivity (Wildman–Crippen MR) is 72.4 cm³/mol. The molecule has 0 aliphatic heterocycles. The van der Waals surface area contributed by atoms with E-state index in [2.05, 4.69) is 38.5 Å². The van der Waals surface area contributed by atoms with Gasteiger partial charge < -0.3 is 4.57 Å². The lowest BCUT2D eigenvalue weighted by atomic mass is 9.48. The highest BCUT2D eigenvalue weighted by Crippen LogP contribution is 2.62. The molecule has 17 heavy (non-hydrogen) atoms. The summed E-state index contributed by atoms with van der Waals surface area (Å²) in [7, 11) is 0. The van der Waals surface area contributed by atoms with Crippen molar-refractivity contribution < 1.29 is 0 Å². The molecular formula is C16H25N. The maximum absolute atomic E-state index is 2.52. The van der Waals surface area contributed by atoms with E-state index in [0.29, 0.717) is 5.41 Å². The number of unbranched alkanes of at least 4 members (excludes halogenated alkanes) is 1. The quantitative estimate of drug-likeness (QED) is 0.731. The van der Waals surface area contributed by atoms with Crippen LogP contribution >= 0.6 is 0 Å². The van der Waals surface area contributed by atoms with E-state index in [0.717, 1.165) is 11.8 Å². The first-order valence-electron chi connectivity index (χ1n) is 7.24. The van der Waals surface area contributed by atoms with Crippen LogP contribution in [0.3, 0.4) is 0 Å². The second-order valence-corrected chi connectivity index (χ2v) is 6.71. The van der Waals surface area contributed by atoms with Gasteiger partial charge in [-0.25, -0.2) is 0 Å². The topological polar surface area (TPSA) is 4.93 Å². The molecule has 1 heteroatoms. The molecule has 3 aliphatic rings. The Hall–Kier alpha value is -0.720. The number of nitrogens with zero attached hydrogens (tertiary/aromatic N) is 1. The molecule has 1 heterocycles. The fourth-order valence-electron chi connectivity index (χ4n) is 3.99. The van der Waals surface area contributed by atoms with Crippen LogP contribution in [-0.4, -0.2) is 4.57 Å². The van der Waals surface area contributed by atoms with Gasteiger partial charge in [-0.15, -0.1) is 0 Å². The Bertz CT molecular complexity index is 439. The van der Waals surface area contributed by atoms with Gasteiger partial charge in [0, 0.05) is 18.4 Å². The second kappa shape index (κ2) is 3.63. The number of aromatic nitrogens is 1. The Morgan fingerprint density at radius 1 is 1.41 bits per heavy atom. The molecular weight excluding hydrogens is 206 g/mol. The van der Waals surface area contributed by atoms with Crippen LogP contribution in [0, 0.1) is 18.3 Å². The summed E-state index contributed by atoms with van der Waals surface area (Å²) in [6.45, 7) is 10.7. The van der Waals surface area contributed by atoms with E-state index in [4.69, 9.17) is 0 Å². The van der Waals surface area contributed by atoms with Gasteiger partial charge in [0.1, 0.15) is 0 Å². The minimum Gasteiger partial charge on any atom is -0.351 e. The van der Waals surface area contributed by atoms with Crippen LogP contribution in [0.1, 0.15) is 62.8 Å². The second-order valence-electron chi connectivity index (χ2n) is 6.71. The van der Waals surface area contributed by atoms with E-state index < -0.39 is 0 Å². The van der Waals surface area contributed by atoms with Crippen molar-refractivity contribution in [3.63, 3.8) is 0 Å². The lowest BCUT2D eigenvalue weighted by Crippen LogP contribution is -2.47. The van der Waals surface area contributed by atoms with Gasteiger partial charge in [0.25, 0.3) is 0 Å². The van der Waals surface area contributed by atoms with Crippen LogP contribution in [0.5, 0.6) is 0 Å². The number of aryl methyl sites for hydroxylation is 1. The first kappa shape index (κ1) is 11.4. The smallest absolute Gasteiger partial charge is 0.0222 e. The first-order chi connectivity index (χ1) is 8.05. The molecule has 2 bridgehead atoms. The lowest BCUT2D eigenvalue weighted by Gasteiger charge is -2.56. The molecule has 0 radical (unpaired) electrons. The van der Waals surface area contributed by atoms with Crippen molar-refractivity contribution in [2.24, 2.45) is 11.3 Å². The van der Waals surface area contributed by atoms with Gasteiger partial charge in [-0.2, -0.15) is 0 Å². The lowest BCUT2D eigenvalue weighted by molar-refractivity contribution is 0.0189. The molecule has 1 nitrogen and oxygen atoms in total. The maximum Gasteiger partial charge on any atom is 0.0222 e. The third-order valence-corrected chi connectivity index (χ3v) is 5.56. The number of hydrogen-bond donors (Lipinski definition) is 0. The normalized spacial score (nSPS) is 28.7. The van der Waals surface area contributed by atoms with Gasteiger partial charge in [-0.1, -0.05) is 27.2 Å². The molecule has 2 atom stereocenters. The average Bonchev–Trinajstić information content (AvgIpc) is 2.63. The average molecular weight is 231 g/mol. The largest absolute Gasteiger partial charge is 0.351 e. The fraction of sp³-hybridized carbons (Fsp3) is 0.750. The molecule has 4 rings (SSSR count). The van der Waals surface area contributed by atoms with Gasteiger partial charge in [0.05, 0.1) is 0 Å². The molecule has 0 aromatic carbocycles. The summed E-state index contributed by atoms with van der Waals surface area (Å²) in [5.41, 5.74) is 5.50. The fourth-order valence-corrected chi connectivity index (χ4v) is 3.99. The zero-order valence-electron chi connectivity index (χ0n) is 11.7. The third kappa shape index (κ3) is 1.44. The minimum absolute atomic E-state index is 0.566. The van der Waals surface area contributed by atoms with Gasteiger partial charge in [0.15, 0.2) is 0 Å². The highest BCUT2D eigenvalue weighted by atomic mass is 15.0. The van der Waals surface area contributed by atoms with Crippen LogP contribution in [-0.2, 0) is 13.0 Å². The SMILES string of the molecule is CCCCn1cc2c(c1C)CC1CC2C1(C)C. The van der Waals surface area contributed by atoms with Crippen molar-refractivity contribution in [2.45, 2.75) is 65.8 Å². The van der Waals surface area contributed by atoms with E-state index in [9.17, 15) is 0 Å². The summed E-state index contributed by atoms with van der Waals surface area (Å²) >= 11 is 0. The van der Waals surface area contributed by atoms with Crippen LogP contribution in [0.2, 0.25) is 0 Å². The number of hydrogen-bond acceptors (Lipinski definition) is 0. The summed E-state index contributed by atoms with van der Waals surface area (Å²) in [5, 5.41) is 0. The summed E-state index contributed by atoms with van der Waals surface area (Å²) in [5.74, 6) is 1.79. The molecule has 1 aromatic rings. The Balaban J connectivity index is 1.94. The van der Waals surface area contributed by atoms with Gasteiger partial charge in [-0.05, 0) is 54.6 Å². The Kier molecular flexibility index (Phi) is 2.43. The van der Waals surface area contributed by atoms with Crippen molar-refractivity contribution in [1.82, 2.24) is 4.57 Å². The minimum atomic E-state index is 0.566. The first-order valence-corrected chi connectivity index (χ1v) is 7.24. The van der Waals surface area contributed by atoms with E-state index >= 15 is 0 Å². The molecule has 1 aromatic heterocycles. The van der Waals surface area contributed by atoms with Crippen LogP contribution < -0.4 is 0 Å². The highest BCUT2D eigenvalue weighted by Gasteiger charge is 2.53. The molecule has 0 saturated heterocycles. The Labute approximate surface area is 105 Å². The van der Waals surface area contributed by atoms with E-state index in [1.54, 1.807) is 16.8 Å². The molecule has 94 valence electrons. The van der Waals surface area contributed by atoms with Crippen molar-refractivity contribution in [1.29, 1.82) is 0 Å². The standard InChI is InChI=1S/C16H25N/c1-5-6-7-17-10-14-13(11(17)2)8-12-9-15(14)16(12,3)4/h10,12,15H,5-9H2,1-4H3. The van der Waals surface area contributed by atoms with E-state index in [-0.39, 0.29) is 0 Å². The summed E-state index contributed by atoms with van der Waals surface area (Å²) in [6.07, 6.45) is 7.86. The highest BCUT2D eigenvalue weighted by molar-refractivity contribution is 5.42. The van der Waals surface area contributed by atoms with Gasteiger partial charge in [0.2, 0.25) is 0 Å². The van der Waals surface area contributed by atoms with E-state index in [1.807, 2.05) is 0 Å². The molecule has 1 saturated carbocycles. The summed E-state index contributed by atoms with van der Waals surface area (Å²) in [6, 6.07) is 0. The van der Waals surface area contributed by atoms with Gasteiger partial charge in [-0.3, -0.25) is 0 Å². The van der Waals surface area contributed by atoms with Crippen molar-refractivity contribution >= 4 is 0 Å². The monoisotopic (exact) mass is 231 g/mol. The Morgan fingerprint density at radius 2 is 2.18 bits per heavy atom. The third-order valence-electron chi connectivity index (χ3n) is 5.56. The van der Waals surface area contributed by atoms with Crippen molar-refractivity contribution in [2.75, 3.05) is 0 Å². The van der Waals surface area contributed by atoms with Crippen molar-refractivity contribution in [3.05, 3.63) is 23.0 Å². The summed E-state index contributed by atoms with van der Waals surface area (Å²) < 4.78 is 2.52. The zero-order chi connectivity index (χ0) is 12.2. The predicted octanol–water partition coefficient (Wildman–Crippen LogP) is 4.28. The molecule has 3 aliphatic carbocycles. The van der Waals surface area contributed by atoms with Crippen LogP contribution in [0.15, 0.2) is 6.20 Å². The zero-order valence-corrected chi connectivity index (χ0v) is 11.7. The Morgan fingerprint density at radius 3 is 2.82 bits per heavy atom. The van der Waals surface area contributed by atoms with Crippen molar-refractivity contribution in [3.8, 4) is 0 Å². The molecule has 0 amide bonds. The molecule has 1 fully saturated rings. The van der Waals surface area contributed by atoms with Gasteiger partial charge >= 0.3 is 0 Å². The van der Waals surface area contributed by atoms with E-state index in [1.165, 1.54) is 32.2 Å². The molecule has 2 unspecified atom stereocenters. The summed E-state index contributed by atoms with van der Waals surface area (Å²) in [4.78, 5) is 0. The maximum atomic E-state index is 2.52.